The van der Waals surface area contributed by atoms with Crippen molar-refractivity contribution in [3.63, 3.8) is 0 Å². The maximum atomic E-state index is 12.5. The minimum absolute atomic E-state index is 0.0638. The van der Waals surface area contributed by atoms with Crippen molar-refractivity contribution < 1.29 is 24.0 Å². The molecule has 1 saturated heterocycles. The fraction of sp³-hybridized carbons (Fsp3) is 0.421. The topological polar surface area (TPSA) is 128 Å². The number of Topliss-reactive ketones (excluding diaryl/α,β-unsaturated/α-hetero) is 1. The second-order valence-corrected chi connectivity index (χ2v) is 7.09. The maximum absolute atomic E-state index is 12.5. The third-order valence-electron chi connectivity index (χ3n) is 5.27. The highest BCUT2D eigenvalue weighted by molar-refractivity contribution is 5.96. The van der Waals surface area contributed by atoms with E-state index in [0.717, 1.165) is 0 Å². The van der Waals surface area contributed by atoms with Crippen molar-refractivity contribution in [3.8, 4) is 0 Å². The van der Waals surface area contributed by atoms with Crippen molar-refractivity contribution in [2.24, 2.45) is 5.92 Å². The number of nitrogens with one attached hydrogen (secondary N) is 2. The Morgan fingerprint density at radius 3 is 2.57 bits per heavy atom. The third kappa shape index (κ3) is 3.79. The Bertz CT molecular complexity index is 837. The van der Waals surface area contributed by atoms with Crippen LogP contribution in [0.5, 0.6) is 0 Å². The number of hydrogen-bond acceptors (Lipinski definition) is 7. The first-order chi connectivity index (χ1) is 13.3. The van der Waals surface area contributed by atoms with E-state index in [1.54, 1.807) is 6.08 Å². The van der Waals surface area contributed by atoms with Crippen LogP contribution < -0.4 is 10.6 Å². The van der Waals surface area contributed by atoms with E-state index in [2.05, 4.69) is 17.2 Å². The molecule has 0 aromatic heterocycles. The van der Waals surface area contributed by atoms with Crippen molar-refractivity contribution in [3.05, 3.63) is 52.6 Å². The molecule has 0 bridgehead atoms. The Balaban J connectivity index is 1.54. The van der Waals surface area contributed by atoms with Gasteiger partial charge in [-0.25, -0.2) is 4.79 Å². The molecule has 4 atom stereocenters. The summed E-state index contributed by atoms with van der Waals surface area (Å²) in [5.41, 5.74) is -0.789. The lowest BCUT2D eigenvalue weighted by Gasteiger charge is -2.19. The minimum Gasteiger partial charge on any atom is -0.457 e. The van der Waals surface area contributed by atoms with E-state index in [-0.39, 0.29) is 35.3 Å². The van der Waals surface area contributed by atoms with Crippen molar-refractivity contribution in [1.29, 1.82) is 0 Å². The van der Waals surface area contributed by atoms with Gasteiger partial charge in [0.2, 0.25) is 5.91 Å². The molecule has 148 valence electrons. The third-order valence-corrected chi connectivity index (χ3v) is 5.27. The summed E-state index contributed by atoms with van der Waals surface area (Å²) in [5.74, 6) is -1.10. The van der Waals surface area contributed by atoms with E-state index in [1.807, 2.05) is 0 Å². The van der Waals surface area contributed by atoms with Crippen LogP contribution in [0.1, 0.15) is 30.1 Å². The molecule has 1 unspecified atom stereocenters. The number of ether oxygens (including phenoxy) is 1. The highest BCUT2D eigenvalue weighted by atomic mass is 16.6. The number of ketones is 1. The fourth-order valence-corrected chi connectivity index (χ4v) is 3.45. The average molecular weight is 387 g/mol. The number of amides is 1. The zero-order valence-electron chi connectivity index (χ0n) is 15.3. The SMILES string of the molecule is C=C[C@@H]1C[C@]1(NC(=O)[C@H]1CC(OC(=O)c2ccc([N+](=O)[O-])cc2)CN1)C(C)=O. The minimum atomic E-state index is -0.867. The lowest BCUT2D eigenvalue weighted by Crippen LogP contribution is -2.50. The van der Waals surface area contributed by atoms with Crippen LogP contribution >= 0.6 is 0 Å². The molecular formula is C19H21N3O6. The van der Waals surface area contributed by atoms with Crippen LogP contribution in [0, 0.1) is 16.0 Å². The average Bonchev–Trinajstić information content (AvgIpc) is 3.19. The van der Waals surface area contributed by atoms with E-state index in [0.29, 0.717) is 13.0 Å². The van der Waals surface area contributed by atoms with E-state index in [1.165, 1.54) is 31.2 Å². The summed E-state index contributed by atoms with van der Waals surface area (Å²) in [5, 5.41) is 16.5. The summed E-state index contributed by atoms with van der Waals surface area (Å²) in [7, 11) is 0. The molecule has 1 amide bonds. The van der Waals surface area contributed by atoms with Gasteiger partial charge < -0.3 is 15.4 Å². The molecule has 1 heterocycles. The van der Waals surface area contributed by atoms with Crippen LogP contribution in [0.4, 0.5) is 5.69 Å². The van der Waals surface area contributed by atoms with Crippen molar-refractivity contribution in [1.82, 2.24) is 10.6 Å². The second kappa shape index (κ2) is 7.51. The number of rotatable bonds is 7. The number of hydrogen-bond donors (Lipinski definition) is 2. The van der Waals surface area contributed by atoms with Gasteiger partial charge in [-0.3, -0.25) is 19.7 Å². The maximum Gasteiger partial charge on any atom is 0.338 e. The summed E-state index contributed by atoms with van der Waals surface area (Å²) < 4.78 is 5.38. The summed E-state index contributed by atoms with van der Waals surface area (Å²) in [4.78, 5) is 46.7. The predicted molar refractivity (Wildman–Crippen MR) is 98.6 cm³/mol. The van der Waals surface area contributed by atoms with Crippen LogP contribution in [0.2, 0.25) is 0 Å². The summed E-state index contributed by atoms with van der Waals surface area (Å²) in [6, 6.07) is 4.54. The zero-order valence-corrected chi connectivity index (χ0v) is 15.3. The Morgan fingerprint density at radius 1 is 1.36 bits per heavy atom. The van der Waals surface area contributed by atoms with Gasteiger partial charge in [-0.05, 0) is 25.5 Å². The zero-order chi connectivity index (χ0) is 20.5. The van der Waals surface area contributed by atoms with Gasteiger partial charge in [0.15, 0.2) is 5.78 Å². The van der Waals surface area contributed by atoms with Gasteiger partial charge in [0, 0.05) is 31.0 Å². The highest BCUT2D eigenvalue weighted by Gasteiger charge is 2.58. The molecule has 2 N–H and O–H groups in total. The van der Waals surface area contributed by atoms with Crippen molar-refractivity contribution >= 4 is 23.3 Å². The monoisotopic (exact) mass is 387 g/mol. The predicted octanol–water partition coefficient (Wildman–Crippen LogP) is 1.13. The number of nitrogens with zero attached hydrogens (tertiary/aromatic N) is 1. The van der Waals surface area contributed by atoms with E-state index in [9.17, 15) is 24.5 Å². The molecule has 1 aliphatic carbocycles. The Morgan fingerprint density at radius 2 is 2.04 bits per heavy atom. The summed E-state index contributed by atoms with van der Waals surface area (Å²) in [6.07, 6.45) is 1.97. The molecule has 1 aromatic carbocycles. The molecule has 0 spiro atoms. The van der Waals surface area contributed by atoms with Gasteiger partial charge in [0.25, 0.3) is 5.69 Å². The molecule has 1 aliphatic heterocycles. The van der Waals surface area contributed by atoms with Gasteiger partial charge in [0.05, 0.1) is 16.5 Å². The molecule has 1 saturated carbocycles. The van der Waals surface area contributed by atoms with Gasteiger partial charge in [-0.1, -0.05) is 6.08 Å². The highest BCUT2D eigenvalue weighted by Crippen LogP contribution is 2.45. The largest absolute Gasteiger partial charge is 0.457 e. The molecule has 2 fully saturated rings. The lowest BCUT2D eigenvalue weighted by molar-refractivity contribution is -0.384. The van der Waals surface area contributed by atoms with Gasteiger partial charge in [-0.15, -0.1) is 6.58 Å². The van der Waals surface area contributed by atoms with Crippen LogP contribution in [0.25, 0.3) is 0 Å². The molecule has 9 nitrogen and oxygen atoms in total. The van der Waals surface area contributed by atoms with Crippen molar-refractivity contribution in [2.45, 2.75) is 37.5 Å². The normalized spacial score (nSPS) is 28.2. The van der Waals surface area contributed by atoms with Crippen LogP contribution in [-0.2, 0) is 14.3 Å². The van der Waals surface area contributed by atoms with Gasteiger partial charge >= 0.3 is 5.97 Å². The first-order valence-corrected chi connectivity index (χ1v) is 8.91. The number of nitro groups is 1. The quantitative estimate of drug-likeness (QED) is 0.311. The molecular weight excluding hydrogens is 366 g/mol. The van der Waals surface area contributed by atoms with Crippen LogP contribution in [0.3, 0.4) is 0 Å². The standard InChI is InChI=1S/C19H21N3O6/c1-3-13-9-19(13,11(2)23)21-17(24)16-8-15(10-20-16)28-18(25)12-4-6-14(7-5-12)22(26)27/h3-7,13,15-16,20H,1,8-10H2,2H3,(H,21,24)/t13-,15?,16-,19+/m1/s1. The van der Waals surface area contributed by atoms with Crippen molar-refractivity contribution in [2.75, 3.05) is 6.54 Å². The number of nitro benzene ring substituents is 1. The number of non-ortho nitro benzene ring substituents is 1. The van der Waals surface area contributed by atoms with Crippen LogP contribution in [0.15, 0.2) is 36.9 Å². The molecule has 1 aromatic rings. The number of carbonyl (C=O) groups is 3. The first-order valence-electron chi connectivity index (χ1n) is 8.91. The second-order valence-electron chi connectivity index (χ2n) is 7.09. The molecule has 28 heavy (non-hydrogen) atoms. The lowest BCUT2D eigenvalue weighted by atomic mass is 10.1. The first kappa shape index (κ1) is 19.7. The Labute approximate surface area is 161 Å². The summed E-state index contributed by atoms with van der Waals surface area (Å²) in [6.45, 7) is 5.43. The van der Waals surface area contributed by atoms with Gasteiger partial charge in [0.1, 0.15) is 11.6 Å². The molecule has 0 radical (unpaired) electrons. The Hall–Kier alpha value is -3.07. The van der Waals surface area contributed by atoms with Gasteiger partial charge in [-0.2, -0.15) is 0 Å². The van der Waals surface area contributed by atoms with E-state index >= 15 is 0 Å². The van der Waals surface area contributed by atoms with E-state index < -0.39 is 28.6 Å². The van der Waals surface area contributed by atoms with Crippen LogP contribution in [-0.4, -0.2) is 46.8 Å². The number of benzene rings is 1. The fourth-order valence-electron chi connectivity index (χ4n) is 3.45. The summed E-state index contributed by atoms with van der Waals surface area (Å²) >= 11 is 0. The molecule has 9 heteroatoms. The number of esters is 1. The molecule has 2 aliphatic rings. The Kier molecular flexibility index (Phi) is 5.28. The van der Waals surface area contributed by atoms with E-state index in [4.69, 9.17) is 4.74 Å². The molecule has 3 rings (SSSR count). The number of carbonyl (C=O) groups excluding carboxylic acids is 3. The smallest absolute Gasteiger partial charge is 0.338 e.